The van der Waals surface area contributed by atoms with E-state index in [4.69, 9.17) is 14.7 Å². The van der Waals surface area contributed by atoms with Crippen LogP contribution in [-0.4, -0.2) is 45.8 Å². The summed E-state index contributed by atoms with van der Waals surface area (Å²) in [6.45, 7) is 2.40. The summed E-state index contributed by atoms with van der Waals surface area (Å²) in [5.41, 5.74) is 6.58. The number of amides is 1. The van der Waals surface area contributed by atoms with Gasteiger partial charge in [0.2, 0.25) is 0 Å². The maximum Gasteiger partial charge on any atom is 0.413 e. The molecule has 3 heterocycles. The second-order valence-electron chi connectivity index (χ2n) is 7.60. The third kappa shape index (κ3) is 4.56. The van der Waals surface area contributed by atoms with Crippen molar-refractivity contribution in [3.05, 3.63) is 64.0 Å². The molecule has 0 fully saturated rings. The maximum atomic E-state index is 11.8. The first-order valence-electron chi connectivity index (χ1n) is 10.9. The van der Waals surface area contributed by atoms with Crippen LogP contribution in [0.25, 0.3) is 27.5 Å². The molecule has 0 radical (unpaired) electrons. The number of hydrogen-bond donors (Lipinski definition) is 1. The van der Waals surface area contributed by atoms with Crippen molar-refractivity contribution in [1.29, 1.82) is 0 Å². The Morgan fingerprint density at radius 3 is 2.97 bits per heavy atom. The molecule has 4 aromatic rings. The number of fused-ring (bicyclic) bond motifs is 3. The molecule has 35 heavy (non-hydrogen) atoms. The Hall–Kier alpha value is -3.57. The molecule has 0 unspecified atom stereocenters. The summed E-state index contributed by atoms with van der Waals surface area (Å²) in [6, 6.07) is 9.83. The summed E-state index contributed by atoms with van der Waals surface area (Å²) in [4.78, 5) is 26.8. The van der Waals surface area contributed by atoms with E-state index in [0.29, 0.717) is 11.7 Å². The van der Waals surface area contributed by atoms with Gasteiger partial charge in [0.05, 0.1) is 41.0 Å². The van der Waals surface area contributed by atoms with Gasteiger partial charge >= 0.3 is 6.09 Å². The van der Waals surface area contributed by atoms with Crippen LogP contribution in [0.1, 0.15) is 23.7 Å². The predicted molar refractivity (Wildman–Crippen MR) is 138 cm³/mol. The summed E-state index contributed by atoms with van der Waals surface area (Å²) >= 11 is 5.12. The molecule has 5 rings (SSSR count). The molecule has 178 valence electrons. The normalized spacial score (nSPS) is 12.3. The van der Waals surface area contributed by atoms with E-state index in [0.717, 1.165) is 61.7 Å². The van der Waals surface area contributed by atoms with Gasteiger partial charge in [-0.25, -0.2) is 14.5 Å². The van der Waals surface area contributed by atoms with Gasteiger partial charge in [-0.1, -0.05) is 22.6 Å². The maximum absolute atomic E-state index is 11.8. The molecule has 0 bridgehead atoms. The number of anilines is 1. The number of carbonyl (C=O) groups excluding carboxylic acids is 1. The van der Waals surface area contributed by atoms with E-state index in [1.165, 1.54) is 18.4 Å². The molecule has 11 heteroatoms. The Morgan fingerprint density at radius 1 is 1.34 bits per heavy atom. The molecule has 1 N–H and O–H groups in total. The number of pyridine rings is 1. The van der Waals surface area contributed by atoms with E-state index in [-0.39, 0.29) is 0 Å². The van der Waals surface area contributed by atoms with Gasteiger partial charge in [-0.15, -0.1) is 0 Å². The fraction of sp³-hybridized carbons (Fsp3) is 0.208. The number of carbonyl (C=O) groups is 1. The number of methoxy groups -OCH3 is 1. The fourth-order valence-corrected chi connectivity index (χ4v) is 5.54. The molecule has 1 amide bonds. The number of nitrogens with one attached hydrogen (secondary N) is 1. The molecule has 1 aromatic carbocycles. The lowest BCUT2D eigenvalue weighted by atomic mass is 9.95. The standard InChI is InChI=1S/C24H21BrN6O3S/c1-3-34-27-12-14-6-9-19(17(25)11-14)31-21-16(20(30-31)15-5-4-10-26-13-15)7-8-18-22(21)35-23(28-18)29-24(32)33-2/h4-6,9-13H,3,7-8H2,1-2H3,(H,28,29,32)/b27-12+. The summed E-state index contributed by atoms with van der Waals surface area (Å²) < 4.78 is 7.53. The third-order valence-electron chi connectivity index (χ3n) is 5.44. The van der Waals surface area contributed by atoms with Gasteiger partial charge in [-0.2, -0.15) is 5.10 Å². The molecular weight excluding hydrogens is 532 g/mol. The van der Waals surface area contributed by atoms with Gasteiger partial charge in [0, 0.05) is 28.0 Å². The molecule has 1 aliphatic rings. The van der Waals surface area contributed by atoms with E-state index in [9.17, 15) is 4.79 Å². The second kappa shape index (κ2) is 9.96. The number of ether oxygens (including phenoxy) is 1. The lowest BCUT2D eigenvalue weighted by Gasteiger charge is -2.15. The number of aryl methyl sites for hydroxylation is 1. The molecule has 0 saturated heterocycles. The third-order valence-corrected chi connectivity index (χ3v) is 7.10. The highest BCUT2D eigenvalue weighted by atomic mass is 79.9. The molecular formula is C24H21BrN6O3S. The number of halogens is 1. The predicted octanol–water partition coefficient (Wildman–Crippen LogP) is 5.47. The highest BCUT2D eigenvalue weighted by molar-refractivity contribution is 9.10. The number of aromatic nitrogens is 4. The first-order valence-corrected chi connectivity index (χ1v) is 12.5. The van der Waals surface area contributed by atoms with Crippen molar-refractivity contribution in [3.63, 3.8) is 0 Å². The Labute approximate surface area is 213 Å². The second-order valence-corrected chi connectivity index (χ2v) is 9.46. The van der Waals surface area contributed by atoms with Gasteiger partial charge in [-0.3, -0.25) is 10.3 Å². The molecule has 0 spiro atoms. The Bertz CT molecular complexity index is 1420. The summed E-state index contributed by atoms with van der Waals surface area (Å²) in [6.07, 6.45) is 6.20. The van der Waals surface area contributed by atoms with Crippen LogP contribution in [0.5, 0.6) is 0 Å². The number of rotatable bonds is 6. The Kier molecular flexibility index (Phi) is 6.60. The van der Waals surface area contributed by atoms with Crippen molar-refractivity contribution in [2.45, 2.75) is 19.8 Å². The summed E-state index contributed by atoms with van der Waals surface area (Å²) in [7, 11) is 1.33. The van der Waals surface area contributed by atoms with Gasteiger partial charge in [0.25, 0.3) is 0 Å². The molecule has 0 aliphatic heterocycles. The highest BCUT2D eigenvalue weighted by Crippen LogP contribution is 2.44. The van der Waals surface area contributed by atoms with Crippen LogP contribution < -0.4 is 5.32 Å². The molecule has 0 saturated carbocycles. The first-order chi connectivity index (χ1) is 17.1. The zero-order chi connectivity index (χ0) is 24.4. The van der Waals surface area contributed by atoms with Crippen molar-refractivity contribution < 1.29 is 14.4 Å². The fourth-order valence-electron chi connectivity index (χ4n) is 3.92. The SMILES string of the molecule is CCO/N=C/c1ccc(-n2nc(-c3cccnc3)c3c2-c2sc(NC(=O)OC)nc2CC3)c(Br)c1. The van der Waals surface area contributed by atoms with Gasteiger partial charge in [-0.05, 0) is 65.5 Å². The zero-order valence-corrected chi connectivity index (χ0v) is 21.4. The van der Waals surface area contributed by atoms with E-state index >= 15 is 0 Å². The average Bonchev–Trinajstić information content (AvgIpc) is 3.46. The minimum Gasteiger partial charge on any atom is -0.453 e. The van der Waals surface area contributed by atoms with Crippen molar-refractivity contribution in [1.82, 2.24) is 19.7 Å². The number of thiazole rings is 1. The van der Waals surface area contributed by atoms with Gasteiger partial charge in [0.15, 0.2) is 5.13 Å². The van der Waals surface area contributed by atoms with Crippen LogP contribution >= 0.6 is 27.3 Å². The van der Waals surface area contributed by atoms with Crippen LogP contribution in [0, 0.1) is 0 Å². The largest absolute Gasteiger partial charge is 0.453 e. The van der Waals surface area contributed by atoms with E-state index < -0.39 is 6.09 Å². The number of oxime groups is 1. The average molecular weight is 553 g/mol. The minimum atomic E-state index is -0.548. The molecule has 3 aromatic heterocycles. The summed E-state index contributed by atoms with van der Waals surface area (Å²) in [5.74, 6) is 0. The van der Waals surface area contributed by atoms with Crippen molar-refractivity contribution >= 4 is 44.7 Å². The van der Waals surface area contributed by atoms with Crippen molar-refractivity contribution in [2.24, 2.45) is 5.16 Å². The first kappa shape index (κ1) is 23.2. The summed E-state index contributed by atoms with van der Waals surface area (Å²) in [5, 5.41) is 12.2. The molecule has 9 nitrogen and oxygen atoms in total. The number of hydrogen-bond acceptors (Lipinski definition) is 8. The van der Waals surface area contributed by atoms with E-state index in [1.54, 1.807) is 12.4 Å². The van der Waals surface area contributed by atoms with Crippen LogP contribution in [-0.2, 0) is 22.4 Å². The Morgan fingerprint density at radius 2 is 2.23 bits per heavy atom. The van der Waals surface area contributed by atoms with Crippen LogP contribution in [0.3, 0.4) is 0 Å². The zero-order valence-electron chi connectivity index (χ0n) is 19.0. The highest BCUT2D eigenvalue weighted by Gasteiger charge is 2.30. The monoisotopic (exact) mass is 552 g/mol. The van der Waals surface area contributed by atoms with Crippen LogP contribution in [0.4, 0.5) is 9.93 Å². The quantitative estimate of drug-likeness (QED) is 0.251. The molecule has 1 aliphatic carbocycles. The number of nitrogens with zero attached hydrogens (tertiary/aromatic N) is 5. The minimum absolute atomic E-state index is 0.493. The van der Waals surface area contributed by atoms with E-state index in [1.807, 2.05) is 48.1 Å². The van der Waals surface area contributed by atoms with Crippen molar-refractivity contribution in [2.75, 3.05) is 19.0 Å². The smallest absolute Gasteiger partial charge is 0.413 e. The topological polar surface area (TPSA) is 104 Å². The number of benzene rings is 1. The van der Waals surface area contributed by atoms with Crippen molar-refractivity contribution in [3.8, 4) is 27.5 Å². The van der Waals surface area contributed by atoms with Crippen LogP contribution in [0.15, 0.2) is 52.4 Å². The lowest BCUT2D eigenvalue weighted by Crippen LogP contribution is -2.10. The lowest BCUT2D eigenvalue weighted by molar-refractivity contribution is 0.160. The van der Waals surface area contributed by atoms with Gasteiger partial charge < -0.3 is 9.57 Å². The van der Waals surface area contributed by atoms with Crippen LogP contribution in [0.2, 0.25) is 0 Å². The van der Waals surface area contributed by atoms with E-state index in [2.05, 4.69) is 36.4 Å². The van der Waals surface area contributed by atoms with Gasteiger partial charge in [0.1, 0.15) is 6.61 Å². The Balaban J connectivity index is 1.65. The molecule has 0 atom stereocenters.